The Labute approximate surface area is 186 Å². The predicted molar refractivity (Wildman–Crippen MR) is 75.3 cm³/mol. The van der Waals surface area contributed by atoms with Gasteiger partial charge in [0.2, 0.25) is 0 Å². The van der Waals surface area contributed by atoms with Crippen LogP contribution >= 0.6 is 13.5 Å². The van der Waals surface area contributed by atoms with Gasteiger partial charge < -0.3 is 0 Å². The zero-order valence-corrected chi connectivity index (χ0v) is 17.3. The molecule has 6 nitrogen and oxygen atoms in total. The van der Waals surface area contributed by atoms with Crippen molar-refractivity contribution in [2.24, 2.45) is 0 Å². The molecule has 0 aliphatic carbocycles. The molecule has 27 heteroatoms. The average molecular weight is 634 g/mol. The van der Waals surface area contributed by atoms with Crippen LogP contribution in [-0.4, -0.2) is 72.5 Å². The molecule has 35 heavy (non-hydrogen) atoms. The van der Waals surface area contributed by atoms with E-state index in [1.54, 1.807) is 0 Å². The fourth-order valence-electron chi connectivity index (χ4n) is 1.05. The third-order valence-corrected chi connectivity index (χ3v) is 4.69. The SMILES string of the molecule is O=S(=O)(O)C(F)(F)C(F)(F)C(F)(F)C(F)(F)F.O=S(=O)(O)C(F)(F)C(F)(F)C(F)(F)C(F)(F)F.S. The maximum absolute atomic E-state index is 12.2. The minimum absolute atomic E-state index is 0. The number of hydrogen-bond donors (Lipinski definition) is 2. The summed E-state index contributed by atoms with van der Waals surface area (Å²) < 4.78 is 268. The Morgan fingerprint density at radius 1 is 0.371 bits per heavy atom. The second-order valence-electron chi connectivity index (χ2n) is 5.28. The third-order valence-electron chi connectivity index (χ3n) is 2.88. The van der Waals surface area contributed by atoms with Crippen LogP contribution in [-0.2, 0) is 20.2 Å². The van der Waals surface area contributed by atoms with Gasteiger partial charge in [0, 0.05) is 0 Å². The van der Waals surface area contributed by atoms with E-state index in [4.69, 9.17) is 9.11 Å². The quantitative estimate of drug-likeness (QED) is 0.324. The Morgan fingerprint density at radius 3 is 0.600 bits per heavy atom. The lowest BCUT2D eigenvalue weighted by atomic mass is 10.1. The molecule has 0 heterocycles. The molecule has 0 aromatic rings. The first-order valence-corrected chi connectivity index (χ1v) is 9.22. The summed E-state index contributed by atoms with van der Waals surface area (Å²) in [7, 11) is -14.3. The van der Waals surface area contributed by atoms with Gasteiger partial charge in [-0.15, -0.1) is 0 Å². The summed E-state index contributed by atoms with van der Waals surface area (Å²) >= 11 is 0. The van der Waals surface area contributed by atoms with Crippen molar-refractivity contribution < 1.29 is 105 Å². The highest BCUT2D eigenvalue weighted by Gasteiger charge is 2.86. The number of alkyl halides is 18. The Hall–Kier alpha value is -1.09. The van der Waals surface area contributed by atoms with Gasteiger partial charge in [0.25, 0.3) is 0 Å². The monoisotopic (exact) mass is 634 g/mol. The fraction of sp³-hybridized carbons (Fsp3) is 1.00. The first kappa shape index (κ1) is 38.4. The molecule has 0 aromatic carbocycles. The smallest absolute Gasteiger partial charge is 0.281 e. The second-order valence-corrected chi connectivity index (χ2v) is 8.20. The summed E-state index contributed by atoms with van der Waals surface area (Å²) in [4.78, 5) is 0. The van der Waals surface area contributed by atoms with E-state index in [2.05, 4.69) is 0 Å². The minimum Gasteiger partial charge on any atom is -0.281 e. The van der Waals surface area contributed by atoms with Crippen LogP contribution in [0.3, 0.4) is 0 Å². The van der Waals surface area contributed by atoms with Gasteiger partial charge in [-0.2, -0.15) is 109 Å². The van der Waals surface area contributed by atoms with Crippen molar-refractivity contribution in [2.45, 2.75) is 46.6 Å². The second kappa shape index (κ2) is 9.66. The standard InChI is InChI=1S/2C4HF9O3S.H2S/c2*5-1(6,3(9,10)11)2(7,8)4(12,13)17(14,15)16;/h2*(H,14,15,16);1H2. The van der Waals surface area contributed by atoms with E-state index in [1.807, 2.05) is 0 Å². The van der Waals surface area contributed by atoms with Gasteiger partial charge in [0.05, 0.1) is 0 Å². The Kier molecular flexibility index (Phi) is 10.6. The molecule has 0 fully saturated rings. The highest BCUT2D eigenvalue weighted by Crippen LogP contribution is 2.55. The van der Waals surface area contributed by atoms with Crippen LogP contribution in [0.15, 0.2) is 0 Å². The molecule has 0 saturated carbocycles. The van der Waals surface area contributed by atoms with Gasteiger partial charge in [-0.25, -0.2) is 0 Å². The first-order chi connectivity index (χ1) is 14.0. The molecular weight excluding hydrogens is 630 g/mol. The number of rotatable bonds is 6. The normalized spacial score (nSPS) is 15.7. The molecule has 2 N–H and O–H groups in total. The maximum Gasteiger partial charge on any atom is 0.460 e. The summed E-state index contributed by atoms with van der Waals surface area (Å²) in [6, 6.07) is 0. The molecule has 0 aliphatic rings. The van der Waals surface area contributed by atoms with Crippen LogP contribution in [0.1, 0.15) is 0 Å². The Bertz CT molecular complexity index is 868. The van der Waals surface area contributed by atoms with Crippen LogP contribution in [0.25, 0.3) is 0 Å². The molecular formula is C8H4F18O6S3. The Balaban J connectivity index is -0.000000569. The molecule has 0 unspecified atom stereocenters. The molecule has 0 rings (SSSR count). The first-order valence-electron chi connectivity index (χ1n) is 6.34. The zero-order valence-electron chi connectivity index (χ0n) is 14.6. The van der Waals surface area contributed by atoms with Crippen molar-refractivity contribution in [1.82, 2.24) is 0 Å². The van der Waals surface area contributed by atoms with Crippen molar-refractivity contribution in [3.05, 3.63) is 0 Å². The molecule has 0 aromatic heterocycles. The summed E-state index contributed by atoms with van der Waals surface area (Å²) in [5.74, 6) is -29.4. The Morgan fingerprint density at radius 2 is 0.514 bits per heavy atom. The average Bonchev–Trinajstić information content (AvgIpc) is 2.50. The molecule has 0 atom stereocenters. The molecule has 0 amide bonds. The molecule has 0 saturated heterocycles. The van der Waals surface area contributed by atoms with Crippen molar-refractivity contribution in [1.29, 1.82) is 0 Å². The summed E-state index contributed by atoms with van der Waals surface area (Å²) in [6.45, 7) is 0. The van der Waals surface area contributed by atoms with Gasteiger partial charge in [-0.05, 0) is 0 Å². The van der Waals surface area contributed by atoms with Crippen LogP contribution < -0.4 is 0 Å². The number of hydrogen-bond acceptors (Lipinski definition) is 4. The van der Waals surface area contributed by atoms with E-state index in [1.165, 1.54) is 0 Å². The molecule has 0 spiro atoms. The van der Waals surface area contributed by atoms with E-state index >= 15 is 0 Å². The van der Waals surface area contributed by atoms with E-state index < -0.39 is 66.8 Å². The van der Waals surface area contributed by atoms with Gasteiger partial charge in [0.15, 0.2) is 0 Å². The zero-order chi connectivity index (χ0) is 29.0. The maximum atomic E-state index is 12.2. The van der Waals surface area contributed by atoms with Gasteiger partial charge in [-0.3, -0.25) is 9.11 Å². The number of halogens is 18. The van der Waals surface area contributed by atoms with Crippen LogP contribution in [0.2, 0.25) is 0 Å². The fourth-order valence-corrected chi connectivity index (χ4v) is 1.95. The van der Waals surface area contributed by atoms with Crippen molar-refractivity contribution in [2.75, 3.05) is 0 Å². The molecule has 0 radical (unpaired) electrons. The van der Waals surface area contributed by atoms with Crippen LogP contribution in [0, 0.1) is 0 Å². The van der Waals surface area contributed by atoms with Crippen molar-refractivity contribution in [3.8, 4) is 0 Å². The molecule has 0 bridgehead atoms. The topological polar surface area (TPSA) is 109 Å². The van der Waals surface area contributed by atoms with E-state index in [-0.39, 0.29) is 13.5 Å². The lowest BCUT2D eigenvalue weighted by Gasteiger charge is -2.31. The largest absolute Gasteiger partial charge is 0.460 e. The molecule has 0 aliphatic heterocycles. The minimum atomic E-state index is -7.37. The van der Waals surface area contributed by atoms with Crippen LogP contribution in [0.4, 0.5) is 79.0 Å². The van der Waals surface area contributed by atoms with E-state index in [0.717, 1.165) is 0 Å². The third kappa shape index (κ3) is 6.25. The highest BCUT2D eigenvalue weighted by molar-refractivity contribution is 7.87. The summed E-state index contributed by atoms with van der Waals surface area (Å²) in [5, 5.41) is -14.0. The van der Waals surface area contributed by atoms with E-state index in [0.29, 0.717) is 0 Å². The van der Waals surface area contributed by atoms with Crippen molar-refractivity contribution in [3.63, 3.8) is 0 Å². The highest BCUT2D eigenvalue weighted by atomic mass is 32.2. The van der Waals surface area contributed by atoms with Gasteiger partial charge >= 0.3 is 66.8 Å². The van der Waals surface area contributed by atoms with Gasteiger partial charge in [-0.1, -0.05) is 0 Å². The lowest BCUT2D eigenvalue weighted by Crippen LogP contribution is -2.63. The summed E-state index contributed by atoms with van der Waals surface area (Å²) in [5.41, 5.74) is 0. The van der Waals surface area contributed by atoms with Gasteiger partial charge in [0.1, 0.15) is 0 Å². The predicted octanol–water partition coefficient (Wildman–Crippen LogP) is 4.71. The lowest BCUT2D eigenvalue weighted by molar-refractivity contribution is -0.382. The molecule has 216 valence electrons. The van der Waals surface area contributed by atoms with Crippen molar-refractivity contribution >= 4 is 33.7 Å². The summed E-state index contributed by atoms with van der Waals surface area (Å²) in [6.07, 6.45) is -14.3. The van der Waals surface area contributed by atoms with Crippen LogP contribution in [0.5, 0.6) is 0 Å². The van der Waals surface area contributed by atoms with E-state index in [9.17, 15) is 95.9 Å².